The Morgan fingerprint density at radius 2 is 2.20 bits per heavy atom. The van der Waals surface area contributed by atoms with Crippen molar-refractivity contribution in [2.75, 3.05) is 13.1 Å². The number of carboxylic acids is 1. The highest BCUT2D eigenvalue weighted by Crippen LogP contribution is 2.42. The zero-order chi connectivity index (χ0) is 14.3. The van der Waals surface area contributed by atoms with Gasteiger partial charge in [-0.15, -0.1) is 11.3 Å². The van der Waals surface area contributed by atoms with Crippen molar-refractivity contribution in [3.8, 4) is 0 Å². The second-order valence-electron chi connectivity index (χ2n) is 5.03. The average Bonchev–Trinajstić information content (AvgIpc) is 3.06. The van der Waals surface area contributed by atoms with Crippen molar-refractivity contribution in [3.05, 3.63) is 22.4 Å². The molecule has 2 aliphatic rings. The maximum absolute atomic E-state index is 12.4. The summed E-state index contributed by atoms with van der Waals surface area (Å²) in [6.45, 7) is 0.840. The first kappa shape index (κ1) is 13.1. The number of aliphatic carboxylic acids is 1. The molecule has 1 aliphatic heterocycles. The van der Waals surface area contributed by atoms with Gasteiger partial charge in [-0.2, -0.15) is 0 Å². The average molecular weight is 294 g/mol. The molecule has 1 saturated carbocycles. The van der Waals surface area contributed by atoms with Crippen LogP contribution >= 0.6 is 11.3 Å². The van der Waals surface area contributed by atoms with Crippen LogP contribution in [0, 0.1) is 11.8 Å². The number of carbonyl (C=O) groups is 3. The van der Waals surface area contributed by atoms with Crippen molar-refractivity contribution in [2.24, 2.45) is 11.8 Å². The second kappa shape index (κ2) is 4.90. The van der Waals surface area contributed by atoms with Gasteiger partial charge in [0.25, 0.3) is 0 Å². The van der Waals surface area contributed by atoms with E-state index in [0.29, 0.717) is 19.5 Å². The van der Waals surface area contributed by atoms with Gasteiger partial charge in [-0.1, -0.05) is 6.07 Å². The Morgan fingerprint density at radius 1 is 1.40 bits per heavy atom. The second-order valence-corrected chi connectivity index (χ2v) is 6.01. The van der Waals surface area contributed by atoms with Crippen LogP contribution in [0.25, 0.3) is 0 Å². The van der Waals surface area contributed by atoms with E-state index in [4.69, 9.17) is 5.11 Å². The lowest BCUT2D eigenvalue weighted by molar-refractivity contribution is -0.146. The van der Waals surface area contributed by atoms with Crippen LogP contribution in [0.15, 0.2) is 17.5 Å². The highest BCUT2D eigenvalue weighted by molar-refractivity contribution is 7.10. The summed E-state index contributed by atoms with van der Waals surface area (Å²) < 4.78 is 0. The van der Waals surface area contributed by atoms with E-state index in [9.17, 15) is 14.4 Å². The monoisotopic (exact) mass is 294 g/mol. The van der Waals surface area contributed by atoms with Crippen molar-refractivity contribution in [2.45, 2.75) is 12.5 Å². The highest BCUT2D eigenvalue weighted by atomic mass is 32.1. The van der Waals surface area contributed by atoms with Crippen LogP contribution in [-0.4, -0.2) is 40.9 Å². The number of hydrogen-bond acceptors (Lipinski definition) is 4. The first-order valence-electron chi connectivity index (χ1n) is 6.44. The molecule has 7 heteroatoms. The summed E-state index contributed by atoms with van der Waals surface area (Å²) in [6.07, 6.45) is 0.378. The smallest absolute Gasteiger partial charge is 0.307 e. The largest absolute Gasteiger partial charge is 0.481 e. The standard InChI is InChI=1S/C13H14N2O4S/c16-11-10(9-2-1-5-20-9)15(4-3-14-11)12(17)7-6-8(7)13(18)19/h1-2,5,7-8,10H,3-4,6H2,(H,14,16)(H,18,19)/t7-,8-,10-/m1/s1. The predicted octanol–water partition coefficient (Wildman–Crippen LogP) is 0.468. The fourth-order valence-electron chi connectivity index (χ4n) is 2.59. The van der Waals surface area contributed by atoms with Crippen molar-refractivity contribution in [1.29, 1.82) is 0 Å². The number of carbonyl (C=O) groups excluding carboxylic acids is 2. The molecule has 2 heterocycles. The summed E-state index contributed by atoms with van der Waals surface area (Å²) in [5, 5.41) is 13.5. The molecule has 0 unspecified atom stereocenters. The number of nitrogens with zero attached hydrogens (tertiary/aromatic N) is 1. The van der Waals surface area contributed by atoms with E-state index in [2.05, 4.69) is 5.32 Å². The molecule has 1 aromatic rings. The van der Waals surface area contributed by atoms with Gasteiger partial charge in [0.15, 0.2) is 0 Å². The van der Waals surface area contributed by atoms with Gasteiger partial charge in [-0.05, 0) is 17.9 Å². The molecule has 0 bridgehead atoms. The lowest BCUT2D eigenvalue weighted by Gasteiger charge is -2.34. The molecular formula is C13H14N2O4S. The van der Waals surface area contributed by atoms with Gasteiger partial charge in [-0.25, -0.2) is 0 Å². The number of amides is 2. The topological polar surface area (TPSA) is 86.7 Å². The fraction of sp³-hybridized carbons (Fsp3) is 0.462. The number of carboxylic acid groups (broad SMARTS) is 1. The fourth-order valence-corrected chi connectivity index (χ4v) is 3.42. The zero-order valence-electron chi connectivity index (χ0n) is 10.6. The van der Waals surface area contributed by atoms with Crippen LogP contribution in [-0.2, 0) is 14.4 Å². The normalized spacial score (nSPS) is 28.9. The summed E-state index contributed by atoms with van der Waals surface area (Å²) >= 11 is 1.42. The molecule has 1 aliphatic carbocycles. The number of nitrogens with one attached hydrogen (secondary N) is 1. The summed E-state index contributed by atoms with van der Waals surface area (Å²) in [5.41, 5.74) is 0. The van der Waals surface area contributed by atoms with Crippen LogP contribution in [0.5, 0.6) is 0 Å². The molecule has 1 aromatic heterocycles. The minimum Gasteiger partial charge on any atom is -0.481 e. The number of piperazine rings is 1. The van der Waals surface area contributed by atoms with Crippen LogP contribution in [0.2, 0.25) is 0 Å². The number of hydrogen-bond donors (Lipinski definition) is 2. The molecule has 106 valence electrons. The zero-order valence-corrected chi connectivity index (χ0v) is 11.4. The Kier molecular flexibility index (Phi) is 3.21. The Hall–Kier alpha value is -1.89. The Balaban J connectivity index is 1.81. The molecule has 3 rings (SSSR count). The third kappa shape index (κ3) is 2.18. The Morgan fingerprint density at radius 3 is 2.80 bits per heavy atom. The van der Waals surface area contributed by atoms with Gasteiger partial charge in [0.1, 0.15) is 6.04 Å². The quantitative estimate of drug-likeness (QED) is 0.848. The van der Waals surface area contributed by atoms with Crippen LogP contribution in [0.4, 0.5) is 0 Å². The van der Waals surface area contributed by atoms with E-state index < -0.39 is 23.8 Å². The van der Waals surface area contributed by atoms with Crippen molar-refractivity contribution in [1.82, 2.24) is 10.2 Å². The van der Waals surface area contributed by atoms with Gasteiger partial charge >= 0.3 is 5.97 Å². The Bertz CT molecular complexity index is 557. The van der Waals surface area contributed by atoms with E-state index in [1.165, 1.54) is 16.2 Å². The maximum atomic E-state index is 12.4. The summed E-state index contributed by atoms with van der Waals surface area (Å²) in [5.74, 6) is -2.40. The lowest BCUT2D eigenvalue weighted by Crippen LogP contribution is -2.52. The van der Waals surface area contributed by atoms with Gasteiger partial charge in [0, 0.05) is 18.0 Å². The highest BCUT2D eigenvalue weighted by Gasteiger charge is 2.51. The van der Waals surface area contributed by atoms with Crippen molar-refractivity contribution < 1.29 is 19.5 Å². The summed E-state index contributed by atoms with van der Waals surface area (Å²) in [4.78, 5) is 37.7. The molecule has 0 aromatic carbocycles. The first-order chi connectivity index (χ1) is 9.59. The van der Waals surface area contributed by atoms with E-state index in [0.717, 1.165) is 4.88 Å². The summed E-state index contributed by atoms with van der Waals surface area (Å²) in [6, 6.07) is 3.04. The van der Waals surface area contributed by atoms with Crippen molar-refractivity contribution >= 4 is 29.1 Å². The minimum atomic E-state index is -0.933. The van der Waals surface area contributed by atoms with E-state index in [1.54, 1.807) is 0 Å². The van der Waals surface area contributed by atoms with Gasteiger partial charge in [-0.3, -0.25) is 14.4 Å². The lowest BCUT2D eigenvalue weighted by atomic mass is 10.1. The maximum Gasteiger partial charge on any atom is 0.307 e. The van der Waals surface area contributed by atoms with E-state index in [-0.39, 0.29) is 11.8 Å². The molecule has 2 N–H and O–H groups in total. The predicted molar refractivity (Wildman–Crippen MR) is 71.0 cm³/mol. The van der Waals surface area contributed by atoms with Gasteiger partial charge in [0.2, 0.25) is 11.8 Å². The third-order valence-electron chi connectivity index (χ3n) is 3.73. The first-order valence-corrected chi connectivity index (χ1v) is 7.32. The van der Waals surface area contributed by atoms with Gasteiger partial charge < -0.3 is 15.3 Å². The Labute approximate surface area is 119 Å². The molecule has 3 atom stereocenters. The molecule has 0 radical (unpaired) electrons. The molecule has 2 fully saturated rings. The van der Waals surface area contributed by atoms with Crippen LogP contribution < -0.4 is 5.32 Å². The van der Waals surface area contributed by atoms with Crippen LogP contribution in [0.3, 0.4) is 0 Å². The van der Waals surface area contributed by atoms with E-state index >= 15 is 0 Å². The van der Waals surface area contributed by atoms with Crippen molar-refractivity contribution in [3.63, 3.8) is 0 Å². The van der Waals surface area contributed by atoms with Crippen LogP contribution in [0.1, 0.15) is 17.3 Å². The van der Waals surface area contributed by atoms with E-state index in [1.807, 2.05) is 17.5 Å². The minimum absolute atomic E-state index is 0.195. The number of rotatable bonds is 3. The molecule has 2 amide bonds. The molecule has 6 nitrogen and oxygen atoms in total. The molecule has 1 saturated heterocycles. The molecule has 20 heavy (non-hydrogen) atoms. The third-order valence-corrected chi connectivity index (χ3v) is 4.66. The summed E-state index contributed by atoms with van der Waals surface area (Å²) in [7, 11) is 0. The number of thiophene rings is 1. The van der Waals surface area contributed by atoms with Gasteiger partial charge in [0.05, 0.1) is 11.8 Å². The molecular weight excluding hydrogens is 280 g/mol. The molecule has 0 spiro atoms. The SMILES string of the molecule is O=C(O)[C@@H]1C[C@H]1C(=O)N1CCNC(=O)[C@H]1c1cccs1.